The third kappa shape index (κ3) is 6.01. The van der Waals surface area contributed by atoms with Crippen LogP contribution in [0.15, 0.2) is 77.3 Å². The Morgan fingerprint density at radius 1 is 1.06 bits per heavy atom. The summed E-state index contributed by atoms with van der Waals surface area (Å²) in [6.07, 6.45) is 0. The number of carbonyl (C=O) groups is 1. The van der Waals surface area contributed by atoms with Crippen molar-refractivity contribution < 1.29 is 9.53 Å². The Labute approximate surface area is 212 Å². The van der Waals surface area contributed by atoms with Gasteiger partial charge < -0.3 is 10.1 Å². The molecule has 4 aromatic rings. The minimum Gasteiger partial charge on any atom is -0.486 e. The van der Waals surface area contributed by atoms with Gasteiger partial charge in [0.05, 0.1) is 6.54 Å². The predicted octanol–water partition coefficient (Wildman–Crippen LogP) is 6.06. The number of anilines is 1. The first-order valence-electron chi connectivity index (χ1n) is 10.8. The van der Waals surface area contributed by atoms with Crippen molar-refractivity contribution in [3.8, 4) is 5.75 Å². The summed E-state index contributed by atoms with van der Waals surface area (Å²) < 4.78 is 10.9. The van der Waals surface area contributed by atoms with Gasteiger partial charge in [0.25, 0.3) is 0 Å². The van der Waals surface area contributed by atoms with E-state index in [9.17, 15) is 4.79 Å². The van der Waals surface area contributed by atoms with Crippen molar-refractivity contribution in [1.82, 2.24) is 14.3 Å². The second kappa shape index (κ2) is 10.8. The lowest BCUT2D eigenvalue weighted by Gasteiger charge is -2.09. The van der Waals surface area contributed by atoms with Crippen LogP contribution < -0.4 is 10.1 Å². The number of benzene rings is 3. The number of aromatic nitrogens is 3. The highest BCUT2D eigenvalue weighted by atomic mass is 79.9. The Morgan fingerprint density at radius 3 is 2.50 bits per heavy atom. The Morgan fingerprint density at radius 2 is 1.79 bits per heavy atom. The Kier molecular flexibility index (Phi) is 7.59. The van der Waals surface area contributed by atoms with E-state index in [2.05, 4.69) is 26.3 Å². The predicted molar refractivity (Wildman–Crippen MR) is 140 cm³/mol. The monoisotopic (exact) mass is 536 g/mol. The van der Waals surface area contributed by atoms with Gasteiger partial charge in [0.1, 0.15) is 18.9 Å². The van der Waals surface area contributed by atoms with Crippen molar-refractivity contribution in [2.45, 2.75) is 33.5 Å². The van der Waals surface area contributed by atoms with E-state index >= 15 is 0 Å². The molecule has 0 radical (unpaired) electrons. The van der Waals surface area contributed by atoms with Gasteiger partial charge in [0.15, 0.2) is 10.6 Å². The molecule has 8 heteroatoms. The molecule has 0 saturated heterocycles. The van der Waals surface area contributed by atoms with Crippen LogP contribution in [0.5, 0.6) is 5.75 Å². The summed E-state index contributed by atoms with van der Waals surface area (Å²) in [5.74, 6) is 1.19. The van der Waals surface area contributed by atoms with Crippen LogP contribution in [-0.4, -0.2) is 20.3 Å². The molecule has 0 fully saturated rings. The second-order valence-electron chi connectivity index (χ2n) is 8.04. The van der Waals surface area contributed by atoms with Crippen molar-refractivity contribution in [1.29, 1.82) is 0 Å². The van der Waals surface area contributed by atoms with Crippen LogP contribution >= 0.6 is 28.1 Å². The molecule has 6 nitrogen and oxygen atoms in total. The molecule has 1 amide bonds. The van der Waals surface area contributed by atoms with Gasteiger partial charge >= 0.3 is 0 Å². The van der Waals surface area contributed by atoms with Crippen LogP contribution in [0.4, 0.5) is 5.69 Å². The van der Waals surface area contributed by atoms with Crippen molar-refractivity contribution >= 4 is 39.7 Å². The molecule has 4 rings (SSSR count). The van der Waals surface area contributed by atoms with E-state index in [-0.39, 0.29) is 19.1 Å². The molecule has 0 unspecified atom stereocenters. The summed E-state index contributed by atoms with van der Waals surface area (Å²) in [6, 6.07) is 23.5. The van der Waals surface area contributed by atoms with Gasteiger partial charge in [-0.25, -0.2) is 4.68 Å². The number of nitrogens with one attached hydrogen (secondary N) is 1. The second-order valence-corrected chi connectivity index (χ2v) is 9.32. The summed E-state index contributed by atoms with van der Waals surface area (Å²) >= 11 is 9.14. The maximum atomic E-state index is 12.8. The zero-order valence-electron chi connectivity index (χ0n) is 19.0. The molecule has 0 bridgehead atoms. The number of nitrogens with zero attached hydrogens (tertiary/aromatic N) is 3. The molecule has 0 atom stereocenters. The smallest absolute Gasteiger partial charge is 0.246 e. The summed E-state index contributed by atoms with van der Waals surface area (Å²) in [4.78, 5) is 12.8. The molecule has 0 spiro atoms. The van der Waals surface area contributed by atoms with E-state index in [4.69, 9.17) is 17.0 Å². The molecule has 174 valence electrons. The molecule has 0 saturated carbocycles. The highest BCUT2D eigenvalue weighted by Crippen LogP contribution is 2.19. The highest BCUT2D eigenvalue weighted by Gasteiger charge is 2.15. The van der Waals surface area contributed by atoms with Gasteiger partial charge in [-0.1, -0.05) is 64.0 Å². The molecule has 0 aliphatic carbocycles. The van der Waals surface area contributed by atoms with Crippen LogP contribution in [0.25, 0.3) is 0 Å². The number of amides is 1. The fourth-order valence-corrected chi connectivity index (χ4v) is 4.12. The van der Waals surface area contributed by atoms with Crippen LogP contribution in [0.1, 0.15) is 22.5 Å². The lowest BCUT2D eigenvalue weighted by molar-refractivity contribution is -0.116. The van der Waals surface area contributed by atoms with E-state index < -0.39 is 0 Å². The summed E-state index contributed by atoms with van der Waals surface area (Å²) in [5.41, 5.74) is 4.02. The van der Waals surface area contributed by atoms with Gasteiger partial charge in [-0.3, -0.25) is 9.36 Å². The molecule has 0 aliphatic rings. The fourth-order valence-electron chi connectivity index (χ4n) is 3.58. The molecule has 34 heavy (non-hydrogen) atoms. The van der Waals surface area contributed by atoms with Crippen molar-refractivity contribution in [3.63, 3.8) is 0 Å². The fraction of sp³-hybridized carbons (Fsp3) is 0.192. The molecule has 1 N–H and O–H groups in total. The van der Waals surface area contributed by atoms with Crippen molar-refractivity contribution in [3.05, 3.63) is 105 Å². The number of hydrogen-bond acceptors (Lipinski definition) is 4. The maximum Gasteiger partial charge on any atom is 0.246 e. The van der Waals surface area contributed by atoms with Gasteiger partial charge in [0.2, 0.25) is 5.91 Å². The zero-order valence-corrected chi connectivity index (χ0v) is 21.4. The SMILES string of the molecule is Cc1ccc(NC(=O)Cn2nc(COc3ccc(Br)cc3)n(Cc3ccccc3)c2=S)c(C)c1. The first-order chi connectivity index (χ1) is 16.4. The van der Waals surface area contributed by atoms with Gasteiger partial charge in [0, 0.05) is 10.2 Å². The Hall–Kier alpha value is -3.23. The van der Waals surface area contributed by atoms with Crippen molar-refractivity contribution in [2.24, 2.45) is 0 Å². The maximum absolute atomic E-state index is 12.8. The van der Waals surface area contributed by atoms with Crippen LogP contribution in [0.3, 0.4) is 0 Å². The summed E-state index contributed by atoms with van der Waals surface area (Å²) in [5, 5.41) is 7.60. The number of ether oxygens (including phenoxy) is 1. The third-order valence-corrected chi connectivity index (χ3v) is 6.27. The average Bonchev–Trinajstić information content (AvgIpc) is 3.10. The number of aryl methyl sites for hydroxylation is 2. The van der Waals surface area contributed by atoms with Crippen LogP contribution in [0.2, 0.25) is 0 Å². The largest absolute Gasteiger partial charge is 0.486 e. The van der Waals surface area contributed by atoms with E-state index in [1.807, 2.05) is 91.2 Å². The molecule has 1 heterocycles. The topological polar surface area (TPSA) is 61.1 Å². The van der Waals surface area contributed by atoms with Crippen molar-refractivity contribution in [2.75, 3.05) is 5.32 Å². The molecule has 1 aromatic heterocycles. The molecular weight excluding hydrogens is 512 g/mol. The minimum absolute atomic E-state index is 0.0131. The Balaban J connectivity index is 1.56. The van der Waals surface area contributed by atoms with Gasteiger partial charge in [-0.05, 0) is 67.5 Å². The zero-order chi connectivity index (χ0) is 24.1. The number of halogens is 1. The lowest BCUT2D eigenvalue weighted by Crippen LogP contribution is -2.20. The molecular formula is C26H25BrN4O2S. The summed E-state index contributed by atoms with van der Waals surface area (Å²) in [7, 11) is 0. The minimum atomic E-state index is -0.187. The lowest BCUT2D eigenvalue weighted by atomic mass is 10.1. The highest BCUT2D eigenvalue weighted by molar-refractivity contribution is 9.10. The summed E-state index contributed by atoms with van der Waals surface area (Å²) in [6.45, 7) is 4.77. The number of rotatable bonds is 8. The van der Waals surface area contributed by atoms with Crippen LogP contribution in [-0.2, 0) is 24.5 Å². The first-order valence-corrected chi connectivity index (χ1v) is 12.0. The third-order valence-electron chi connectivity index (χ3n) is 5.31. The number of carbonyl (C=O) groups excluding carboxylic acids is 1. The van der Waals surface area contributed by atoms with E-state index in [0.717, 1.165) is 32.6 Å². The standard InChI is InChI=1S/C26H25BrN4O2S/c1-18-8-13-23(19(2)14-18)28-25(32)16-31-26(34)30(15-20-6-4-3-5-7-20)24(29-31)17-33-22-11-9-21(27)10-12-22/h3-14H,15-17H2,1-2H3,(H,28,32). The van der Waals surface area contributed by atoms with E-state index in [1.54, 1.807) is 4.68 Å². The molecule has 3 aromatic carbocycles. The quantitative estimate of drug-likeness (QED) is 0.278. The van der Waals surface area contributed by atoms with Gasteiger partial charge in [-0.15, -0.1) is 0 Å². The first kappa shape index (κ1) is 23.9. The van der Waals surface area contributed by atoms with E-state index in [1.165, 1.54) is 0 Å². The molecule has 0 aliphatic heterocycles. The number of hydrogen-bond donors (Lipinski definition) is 1. The average molecular weight is 537 g/mol. The van der Waals surface area contributed by atoms with Crippen LogP contribution in [0, 0.1) is 18.6 Å². The normalized spacial score (nSPS) is 10.8. The van der Waals surface area contributed by atoms with Gasteiger partial charge in [-0.2, -0.15) is 5.10 Å². The van der Waals surface area contributed by atoms with E-state index in [0.29, 0.717) is 17.1 Å². The Bertz CT molecular complexity index is 1350.